The highest BCUT2D eigenvalue weighted by Crippen LogP contribution is 2.08. The molecule has 0 aliphatic rings. The van der Waals surface area contributed by atoms with Crippen LogP contribution in [0.15, 0.2) is 24.3 Å². The summed E-state index contributed by atoms with van der Waals surface area (Å²) in [5.41, 5.74) is 0.454. The third-order valence-corrected chi connectivity index (χ3v) is 2.99. The maximum atomic E-state index is 12.8. The normalized spacial score (nSPS) is 10.2. The summed E-state index contributed by atoms with van der Waals surface area (Å²) in [4.78, 5) is 35.6. The predicted molar refractivity (Wildman–Crippen MR) is 89.6 cm³/mol. The van der Waals surface area contributed by atoms with Crippen molar-refractivity contribution in [1.82, 2.24) is 10.2 Å². The van der Waals surface area contributed by atoms with Crippen molar-refractivity contribution in [2.45, 2.75) is 19.9 Å². The van der Waals surface area contributed by atoms with Crippen molar-refractivity contribution in [3.63, 3.8) is 0 Å². The monoisotopic (exact) mass is 361 g/mol. The minimum atomic E-state index is -1.14. The summed E-state index contributed by atoms with van der Waals surface area (Å²) in [7, 11) is 0. The van der Waals surface area contributed by atoms with Crippen molar-refractivity contribution in [1.29, 1.82) is 0 Å². The number of carbonyl (C=O) groups is 3. The largest absolute Gasteiger partial charge is 0.480 e. The number of aliphatic carboxylic acids is 1. The van der Waals surface area contributed by atoms with Crippen molar-refractivity contribution in [3.05, 3.63) is 30.1 Å². The molecule has 1 aromatic rings. The molecule has 0 spiro atoms. The predicted octanol–water partition coefficient (Wildman–Crippen LogP) is 1.10. The number of benzene rings is 1. The number of amides is 2. The van der Waals surface area contributed by atoms with E-state index in [0.717, 1.165) is 0 Å². The number of carboxylic acids is 1. The van der Waals surface area contributed by atoms with Crippen LogP contribution < -0.4 is 10.6 Å². The number of rotatable bonds is 8. The first-order chi connectivity index (χ1) is 10.8. The van der Waals surface area contributed by atoms with Crippen LogP contribution in [0.3, 0.4) is 0 Å². The Morgan fingerprint density at radius 3 is 2.17 bits per heavy atom. The highest BCUT2D eigenvalue weighted by Gasteiger charge is 2.18. The van der Waals surface area contributed by atoms with Crippen molar-refractivity contribution in [2.24, 2.45) is 0 Å². The maximum absolute atomic E-state index is 12.8. The zero-order valence-electron chi connectivity index (χ0n) is 13.4. The highest BCUT2D eigenvalue weighted by atomic mass is 35.5. The Balaban J connectivity index is 0.00000529. The number of hydrogen-bond acceptors (Lipinski definition) is 4. The number of nitrogens with zero attached hydrogens (tertiary/aromatic N) is 1. The van der Waals surface area contributed by atoms with E-state index in [4.69, 9.17) is 5.11 Å². The summed E-state index contributed by atoms with van der Waals surface area (Å²) < 4.78 is 12.8. The topological polar surface area (TPSA) is 98.7 Å². The molecule has 0 fully saturated rings. The van der Waals surface area contributed by atoms with E-state index >= 15 is 0 Å². The Bertz CT molecular complexity index is 566. The van der Waals surface area contributed by atoms with Crippen LogP contribution in [0, 0.1) is 5.82 Å². The molecule has 9 heteroatoms. The van der Waals surface area contributed by atoms with Crippen LogP contribution in [-0.4, -0.2) is 53.5 Å². The Morgan fingerprint density at radius 2 is 1.67 bits per heavy atom. The van der Waals surface area contributed by atoms with Gasteiger partial charge < -0.3 is 15.7 Å². The highest BCUT2D eigenvalue weighted by molar-refractivity contribution is 5.92. The lowest BCUT2D eigenvalue weighted by atomic mass is 10.3. The molecule has 0 heterocycles. The lowest BCUT2D eigenvalue weighted by molar-refractivity contribution is -0.138. The second-order valence-electron chi connectivity index (χ2n) is 5.22. The standard InChI is InChI=1S/C15H20FN3O4.ClH/c1-10(2)19(8-13(20)17-7-15(22)23)9-14(21)18-12-5-3-11(16)4-6-12;/h3-6,10H,7-9H2,1-2H3,(H,17,20)(H,18,21)(H,22,23);1H. The van der Waals surface area contributed by atoms with Crippen molar-refractivity contribution in [3.8, 4) is 0 Å². The average Bonchev–Trinajstić information content (AvgIpc) is 2.46. The van der Waals surface area contributed by atoms with Gasteiger partial charge in [-0.25, -0.2) is 4.39 Å². The molecule has 24 heavy (non-hydrogen) atoms. The third kappa shape index (κ3) is 8.44. The molecule has 0 aliphatic carbocycles. The van der Waals surface area contributed by atoms with E-state index in [1.807, 2.05) is 13.8 Å². The van der Waals surface area contributed by atoms with Gasteiger partial charge in [-0.2, -0.15) is 0 Å². The number of hydrogen-bond donors (Lipinski definition) is 3. The summed E-state index contributed by atoms with van der Waals surface area (Å²) in [6, 6.07) is 5.24. The summed E-state index contributed by atoms with van der Waals surface area (Å²) in [6.07, 6.45) is 0. The number of nitrogens with one attached hydrogen (secondary N) is 2. The first-order valence-electron chi connectivity index (χ1n) is 7.06. The summed E-state index contributed by atoms with van der Waals surface area (Å²) >= 11 is 0. The first kappa shape index (κ1) is 21.8. The molecular weight excluding hydrogens is 341 g/mol. The number of carbonyl (C=O) groups excluding carboxylic acids is 2. The van der Waals surface area contributed by atoms with Gasteiger partial charge in [0.15, 0.2) is 0 Å². The lowest BCUT2D eigenvalue weighted by Gasteiger charge is -2.25. The Labute approximate surface area is 145 Å². The molecular formula is C15H21ClFN3O4. The zero-order chi connectivity index (χ0) is 17.4. The fraction of sp³-hybridized carbons (Fsp3) is 0.400. The van der Waals surface area contributed by atoms with Crippen LogP contribution in [0.5, 0.6) is 0 Å². The number of anilines is 1. The van der Waals surface area contributed by atoms with Crippen LogP contribution >= 0.6 is 12.4 Å². The minimum absolute atomic E-state index is 0. The molecule has 0 saturated heterocycles. The van der Waals surface area contributed by atoms with E-state index in [9.17, 15) is 18.8 Å². The fourth-order valence-corrected chi connectivity index (χ4v) is 1.75. The average molecular weight is 362 g/mol. The van der Waals surface area contributed by atoms with Gasteiger partial charge in [0.05, 0.1) is 13.1 Å². The fourth-order valence-electron chi connectivity index (χ4n) is 1.75. The molecule has 1 aromatic carbocycles. The molecule has 0 unspecified atom stereocenters. The quantitative estimate of drug-likeness (QED) is 0.644. The summed E-state index contributed by atoms with van der Waals surface area (Å²) in [6.45, 7) is 3.02. The van der Waals surface area contributed by atoms with Gasteiger partial charge in [0.25, 0.3) is 0 Å². The SMILES string of the molecule is CC(C)N(CC(=O)NCC(=O)O)CC(=O)Nc1ccc(F)cc1.Cl. The summed E-state index contributed by atoms with van der Waals surface area (Å²) in [5.74, 6) is -2.36. The molecule has 3 N–H and O–H groups in total. The third-order valence-electron chi connectivity index (χ3n) is 2.99. The summed E-state index contributed by atoms with van der Waals surface area (Å²) in [5, 5.41) is 13.4. The molecule has 0 saturated carbocycles. The molecule has 0 atom stereocenters. The van der Waals surface area contributed by atoms with E-state index in [0.29, 0.717) is 5.69 Å². The van der Waals surface area contributed by atoms with Gasteiger partial charge in [0.1, 0.15) is 12.4 Å². The number of halogens is 2. The molecule has 7 nitrogen and oxygen atoms in total. The Kier molecular flexibility index (Phi) is 9.60. The van der Waals surface area contributed by atoms with Gasteiger partial charge in [-0.1, -0.05) is 0 Å². The van der Waals surface area contributed by atoms with Crippen LogP contribution in [0.4, 0.5) is 10.1 Å². The van der Waals surface area contributed by atoms with Gasteiger partial charge in [-0.3, -0.25) is 19.3 Å². The molecule has 1 rings (SSSR count). The molecule has 2 amide bonds. The van der Waals surface area contributed by atoms with Crippen LogP contribution in [-0.2, 0) is 14.4 Å². The van der Waals surface area contributed by atoms with E-state index in [1.54, 1.807) is 4.90 Å². The van der Waals surface area contributed by atoms with E-state index < -0.39 is 24.2 Å². The van der Waals surface area contributed by atoms with E-state index in [1.165, 1.54) is 24.3 Å². The van der Waals surface area contributed by atoms with Gasteiger partial charge >= 0.3 is 5.97 Å². The molecule has 0 aliphatic heterocycles. The van der Waals surface area contributed by atoms with Crippen LogP contribution in [0.25, 0.3) is 0 Å². The van der Waals surface area contributed by atoms with Crippen molar-refractivity contribution >= 4 is 35.9 Å². The van der Waals surface area contributed by atoms with E-state index in [-0.39, 0.29) is 37.4 Å². The minimum Gasteiger partial charge on any atom is -0.480 e. The van der Waals surface area contributed by atoms with Gasteiger partial charge in [-0.05, 0) is 38.1 Å². The van der Waals surface area contributed by atoms with Gasteiger partial charge in [0.2, 0.25) is 11.8 Å². The molecule has 0 bridgehead atoms. The second kappa shape index (κ2) is 10.6. The van der Waals surface area contributed by atoms with Gasteiger partial charge in [0, 0.05) is 11.7 Å². The lowest BCUT2D eigenvalue weighted by Crippen LogP contribution is -2.45. The molecule has 0 radical (unpaired) electrons. The Hall–Kier alpha value is -2.19. The van der Waals surface area contributed by atoms with Gasteiger partial charge in [-0.15, -0.1) is 12.4 Å². The van der Waals surface area contributed by atoms with Crippen LogP contribution in [0.1, 0.15) is 13.8 Å². The van der Waals surface area contributed by atoms with Crippen molar-refractivity contribution < 1.29 is 23.9 Å². The molecule has 134 valence electrons. The smallest absolute Gasteiger partial charge is 0.322 e. The number of carboxylic acid groups (broad SMARTS) is 1. The van der Waals surface area contributed by atoms with Crippen molar-refractivity contribution in [2.75, 3.05) is 25.0 Å². The van der Waals surface area contributed by atoms with Crippen LogP contribution in [0.2, 0.25) is 0 Å². The van der Waals surface area contributed by atoms with E-state index in [2.05, 4.69) is 10.6 Å². The second-order valence-corrected chi connectivity index (χ2v) is 5.22. The maximum Gasteiger partial charge on any atom is 0.322 e. The Morgan fingerprint density at radius 1 is 1.12 bits per heavy atom. The zero-order valence-corrected chi connectivity index (χ0v) is 14.2. The first-order valence-corrected chi connectivity index (χ1v) is 7.06. The molecule has 0 aromatic heterocycles.